The molecule has 2 aliphatic rings. The predicted molar refractivity (Wildman–Crippen MR) is 117 cm³/mol. The van der Waals surface area contributed by atoms with Crippen molar-refractivity contribution in [1.82, 2.24) is 0 Å². The van der Waals surface area contributed by atoms with Crippen LogP contribution in [0.1, 0.15) is 22.9 Å². The molecule has 0 saturated heterocycles. The molecule has 31 heavy (non-hydrogen) atoms. The van der Waals surface area contributed by atoms with Gasteiger partial charge < -0.3 is 14.6 Å². The van der Waals surface area contributed by atoms with Gasteiger partial charge in [-0.2, -0.15) is 0 Å². The molecule has 0 spiro atoms. The Bertz CT molecular complexity index is 1170. The molecular weight excluding hydrogens is 414 g/mol. The molecule has 6 nitrogen and oxygen atoms in total. The van der Waals surface area contributed by atoms with E-state index in [2.05, 4.69) is 0 Å². The molecule has 3 aromatic rings. The Morgan fingerprint density at radius 3 is 2.65 bits per heavy atom. The fourth-order valence-electron chi connectivity index (χ4n) is 3.94. The maximum atomic E-state index is 13.2. The maximum absolute atomic E-state index is 13.2. The molecule has 0 saturated carbocycles. The highest BCUT2D eigenvalue weighted by molar-refractivity contribution is 7.10. The van der Waals surface area contributed by atoms with Gasteiger partial charge in [-0.05, 0) is 35.6 Å². The second-order valence-electron chi connectivity index (χ2n) is 7.30. The van der Waals surface area contributed by atoms with E-state index in [9.17, 15) is 14.7 Å². The molecule has 1 unspecified atom stereocenters. The topological polar surface area (TPSA) is 76.1 Å². The number of hydrogen-bond acceptors (Lipinski definition) is 6. The van der Waals surface area contributed by atoms with Crippen molar-refractivity contribution >= 4 is 28.7 Å². The number of hydrogen-bond donors (Lipinski definition) is 1. The summed E-state index contributed by atoms with van der Waals surface area (Å²) in [6.07, 6.45) is 0.735. The number of aryl methyl sites for hydroxylation is 1. The standard InChI is InChI=1S/C24H19NO5S/c26-17(10-8-15-5-2-1-3-6-15)21-22(20-7-4-12-31-20)25(24(28)23(21)27)16-9-11-18-19(13-16)30-14-29-18/h1-7,9,11-13,22,27H,8,10,14H2. The largest absolute Gasteiger partial charge is 0.503 e. The summed E-state index contributed by atoms with van der Waals surface area (Å²) in [4.78, 5) is 28.6. The molecule has 5 rings (SSSR count). The Hall–Kier alpha value is -3.58. The van der Waals surface area contributed by atoms with E-state index in [1.54, 1.807) is 18.2 Å². The molecule has 0 aliphatic carbocycles. The van der Waals surface area contributed by atoms with Crippen LogP contribution in [0.2, 0.25) is 0 Å². The Labute approximate surface area is 183 Å². The quantitative estimate of drug-likeness (QED) is 0.616. The van der Waals surface area contributed by atoms with Gasteiger partial charge in [-0.3, -0.25) is 14.5 Å². The van der Waals surface area contributed by atoms with Crippen molar-refractivity contribution in [1.29, 1.82) is 0 Å². The zero-order valence-electron chi connectivity index (χ0n) is 16.5. The predicted octanol–water partition coefficient (Wildman–Crippen LogP) is 4.58. The van der Waals surface area contributed by atoms with Crippen LogP contribution in [-0.2, 0) is 16.0 Å². The lowest BCUT2D eigenvalue weighted by Crippen LogP contribution is -2.30. The number of ether oxygens (including phenoxy) is 2. The van der Waals surface area contributed by atoms with E-state index in [1.165, 1.54) is 16.2 Å². The Morgan fingerprint density at radius 1 is 1.06 bits per heavy atom. The van der Waals surface area contributed by atoms with Crippen LogP contribution < -0.4 is 14.4 Å². The van der Waals surface area contributed by atoms with Gasteiger partial charge in [0.1, 0.15) is 6.04 Å². The summed E-state index contributed by atoms with van der Waals surface area (Å²) in [5, 5.41) is 12.6. The van der Waals surface area contributed by atoms with Crippen molar-refractivity contribution < 1.29 is 24.2 Å². The maximum Gasteiger partial charge on any atom is 0.294 e. The molecule has 1 amide bonds. The van der Waals surface area contributed by atoms with Crippen LogP contribution in [0.5, 0.6) is 11.5 Å². The van der Waals surface area contributed by atoms with Gasteiger partial charge in [0.25, 0.3) is 5.91 Å². The van der Waals surface area contributed by atoms with Gasteiger partial charge in [-0.15, -0.1) is 11.3 Å². The number of ketones is 1. The number of carbonyl (C=O) groups is 2. The Kier molecular flexibility index (Phi) is 4.95. The molecule has 0 radical (unpaired) electrons. The third-order valence-electron chi connectivity index (χ3n) is 5.44. The van der Waals surface area contributed by atoms with E-state index in [4.69, 9.17) is 9.47 Å². The van der Waals surface area contributed by atoms with Crippen molar-refractivity contribution in [2.75, 3.05) is 11.7 Å². The Morgan fingerprint density at radius 2 is 1.87 bits per heavy atom. The Balaban J connectivity index is 1.49. The molecule has 3 heterocycles. The van der Waals surface area contributed by atoms with Gasteiger partial charge >= 0.3 is 0 Å². The zero-order valence-corrected chi connectivity index (χ0v) is 17.3. The van der Waals surface area contributed by atoms with E-state index in [-0.39, 0.29) is 24.6 Å². The zero-order chi connectivity index (χ0) is 21.4. The summed E-state index contributed by atoms with van der Waals surface area (Å²) in [6.45, 7) is 0.119. The molecule has 1 atom stereocenters. The van der Waals surface area contributed by atoms with Gasteiger partial charge in [-0.1, -0.05) is 36.4 Å². The first-order chi connectivity index (χ1) is 15.1. The minimum atomic E-state index is -0.684. The third-order valence-corrected chi connectivity index (χ3v) is 6.36. The van der Waals surface area contributed by atoms with E-state index in [0.717, 1.165) is 10.4 Å². The first-order valence-corrected chi connectivity index (χ1v) is 10.8. The minimum absolute atomic E-state index is 0.119. The van der Waals surface area contributed by atoms with E-state index >= 15 is 0 Å². The monoisotopic (exact) mass is 433 g/mol. The first-order valence-electron chi connectivity index (χ1n) is 9.90. The number of nitrogens with zero attached hydrogens (tertiary/aromatic N) is 1. The number of benzene rings is 2. The number of fused-ring (bicyclic) bond motifs is 1. The molecule has 7 heteroatoms. The summed E-state index contributed by atoms with van der Waals surface area (Å²) in [7, 11) is 0. The number of anilines is 1. The van der Waals surface area contributed by atoms with Crippen LogP contribution in [0.15, 0.2) is 77.4 Å². The highest BCUT2D eigenvalue weighted by Crippen LogP contribution is 2.45. The summed E-state index contributed by atoms with van der Waals surface area (Å²) in [5.74, 6) is -0.205. The lowest BCUT2D eigenvalue weighted by Gasteiger charge is -2.26. The second kappa shape index (κ2) is 7.92. The van der Waals surface area contributed by atoms with Crippen LogP contribution in [-0.4, -0.2) is 23.6 Å². The first kappa shape index (κ1) is 19.4. The molecule has 2 aromatic carbocycles. The number of rotatable bonds is 6. The van der Waals surface area contributed by atoms with E-state index in [0.29, 0.717) is 23.6 Å². The van der Waals surface area contributed by atoms with Gasteiger partial charge in [-0.25, -0.2) is 0 Å². The lowest BCUT2D eigenvalue weighted by atomic mass is 9.97. The summed E-state index contributed by atoms with van der Waals surface area (Å²) < 4.78 is 10.8. The van der Waals surface area contributed by atoms with E-state index in [1.807, 2.05) is 47.8 Å². The van der Waals surface area contributed by atoms with Crippen molar-refractivity contribution in [3.05, 3.63) is 87.8 Å². The van der Waals surface area contributed by atoms with Crippen LogP contribution >= 0.6 is 11.3 Å². The van der Waals surface area contributed by atoms with Crippen LogP contribution in [0, 0.1) is 0 Å². The minimum Gasteiger partial charge on any atom is -0.503 e. The highest BCUT2D eigenvalue weighted by Gasteiger charge is 2.44. The second-order valence-corrected chi connectivity index (χ2v) is 8.28. The molecule has 2 aliphatic heterocycles. The normalized spacial score (nSPS) is 17.5. The van der Waals surface area contributed by atoms with Crippen LogP contribution in [0.25, 0.3) is 0 Å². The van der Waals surface area contributed by atoms with Gasteiger partial charge in [0.15, 0.2) is 23.0 Å². The average molecular weight is 433 g/mol. The third kappa shape index (κ3) is 3.47. The number of aliphatic hydroxyl groups is 1. The summed E-state index contributed by atoms with van der Waals surface area (Å²) in [6, 6.07) is 17.9. The van der Waals surface area contributed by atoms with Crippen molar-refractivity contribution in [2.24, 2.45) is 0 Å². The van der Waals surface area contributed by atoms with Gasteiger partial charge in [0.05, 0.1) is 5.57 Å². The van der Waals surface area contributed by atoms with Crippen LogP contribution in [0.4, 0.5) is 5.69 Å². The highest BCUT2D eigenvalue weighted by atomic mass is 32.1. The number of Topliss-reactive ketones (excluding diaryl/α,β-unsaturated/α-hetero) is 1. The van der Waals surface area contributed by atoms with Gasteiger partial charge in [0.2, 0.25) is 6.79 Å². The molecule has 1 N–H and O–H groups in total. The molecule has 0 fully saturated rings. The van der Waals surface area contributed by atoms with Crippen molar-refractivity contribution in [3.63, 3.8) is 0 Å². The molecular formula is C24H19NO5S. The molecule has 0 bridgehead atoms. The van der Waals surface area contributed by atoms with Gasteiger partial charge in [0, 0.05) is 23.1 Å². The summed E-state index contributed by atoms with van der Waals surface area (Å²) >= 11 is 1.44. The van der Waals surface area contributed by atoms with Crippen LogP contribution in [0.3, 0.4) is 0 Å². The van der Waals surface area contributed by atoms with Crippen molar-refractivity contribution in [2.45, 2.75) is 18.9 Å². The molecule has 156 valence electrons. The number of aliphatic hydroxyl groups excluding tert-OH is 1. The summed E-state index contributed by atoms with van der Waals surface area (Å²) in [5.41, 5.74) is 1.70. The number of thiophene rings is 1. The SMILES string of the molecule is O=C(CCc1ccccc1)C1=C(O)C(=O)N(c2ccc3c(c2)OCO3)C1c1cccs1. The fourth-order valence-corrected chi connectivity index (χ4v) is 4.77. The average Bonchev–Trinajstić information content (AvgIpc) is 3.53. The van der Waals surface area contributed by atoms with Crippen molar-refractivity contribution in [3.8, 4) is 11.5 Å². The lowest BCUT2D eigenvalue weighted by molar-refractivity contribution is -0.118. The fraction of sp³-hybridized carbons (Fsp3) is 0.167. The van der Waals surface area contributed by atoms with E-state index < -0.39 is 17.7 Å². The number of amides is 1. The smallest absolute Gasteiger partial charge is 0.294 e. The number of carbonyl (C=O) groups excluding carboxylic acids is 2. The molecule has 1 aromatic heterocycles.